The highest BCUT2D eigenvalue weighted by atomic mass is 16.2. The Morgan fingerprint density at radius 2 is 2.14 bits per heavy atom. The number of benzene rings is 1. The molecule has 3 amide bonds. The second-order valence-corrected chi connectivity index (χ2v) is 6.59. The summed E-state index contributed by atoms with van der Waals surface area (Å²) in [6.45, 7) is 4.84. The molecule has 0 aromatic heterocycles. The van der Waals surface area contributed by atoms with Gasteiger partial charge in [-0.3, -0.25) is 4.79 Å². The van der Waals surface area contributed by atoms with Crippen molar-refractivity contribution in [1.29, 1.82) is 0 Å². The van der Waals surface area contributed by atoms with Gasteiger partial charge < -0.3 is 15.5 Å². The molecule has 2 N–H and O–H groups in total. The van der Waals surface area contributed by atoms with E-state index in [0.29, 0.717) is 13.0 Å². The van der Waals surface area contributed by atoms with Crippen molar-refractivity contribution in [1.82, 2.24) is 15.5 Å². The standard InChI is InChI=1S/C17H23N3O2/c1-13-3-2-4-14(9-13)11-18-16(22)20-7-5-17(6-8-20)10-15(21)19-12-17/h2-4,9H,5-8,10-12H2,1H3,(H,18,22)(H,19,21). The number of hydrogen-bond acceptors (Lipinski definition) is 2. The first kappa shape index (κ1) is 14.9. The predicted molar refractivity (Wildman–Crippen MR) is 84.3 cm³/mol. The summed E-state index contributed by atoms with van der Waals surface area (Å²) < 4.78 is 0. The summed E-state index contributed by atoms with van der Waals surface area (Å²) >= 11 is 0. The van der Waals surface area contributed by atoms with Gasteiger partial charge in [0.15, 0.2) is 0 Å². The number of nitrogens with zero attached hydrogens (tertiary/aromatic N) is 1. The maximum atomic E-state index is 12.3. The normalized spacial score (nSPS) is 20.0. The number of aryl methyl sites for hydroxylation is 1. The van der Waals surface area contributed by atoms with Gasteiger partial charge in [0.05, 0.1) is 0 Å². The Hall–Kier alpha value is -2.04. The Bertz CT molecular complexity index is 577. The van der Waals surface area contributed by atoms with Crippen LogP contribution in [0.1, 0.15) is 30.4 Å². The van der Waals surface area contributed by atoms with E-state index >= 15 is 0 Å². The molecule has 22 heavy (non-hydrogen) atoms. The third kappa shape index (κ3) is 3.24. The minimum Gasteiger partial charge on any atom is -0.356 e. The van der Waals surface area contributed by atoms with Gasteiger partial charge in [0, 0.05) is 32.6 Å². The van der Waals surface area contributed by atoms with E-state index in [2.05, 4.69) is 16.7 Å². The highest BCUT2D eigenvalue weighted by Gasteiger charge is 2.41. The van der Waals surface area contributed by atoms with Crippen molar-refractivity contribution < 1.29 is 9.59 Å². The van der Waals surface area contributed by atoms with Crippen LogP contribution in [0.4, 0.5) is 4.79 Å². The van der Waals surface area contributed by atoms with E-state index < -0.39 is 0 Å². The number of nitrogens with one attached hydrogen (secondary N) is 2. The van der Waals surface area contributed by atoms with E-state index in [4.69, 9.17) is 0 Å². The number of piperidine rings is 1. The van der Waals surface area contributed by atoms with Gasteiger partial charge in [-0.15, -0.1) is 0 Å². The zero-order valence-electron chi connectivity index (χ0n) is 13.0. The van der Waals surface area contributed by atoms with E-state index in [1.54, 1.807) is 0 Å². The van der Waals surface area contributed by atoms with Crippen LogP contribution in [-0.2, 0) is 11.3 Å². The Balaban J connectivity index is 1.49. The molecule has 2 aliphatic rings. The molecule has 1 aromatic carbocycles. The molecule has 2 fully saturated rings. The number of urea groups is 1. The van der Waals surface area contributed by atoms with E-state index in [1.807, 2.05) is 30.0 Å². The summed E-state index contributed by atoms with van der Waals surface area (Å²) in [5.41, 5.74) is 2.40. The van der Waals surface area contributed by atoms with Crippen molar-refractivity contribution in [2.75, 3.05) is 19.6 Å². The average Bonchev–Trinajstić information content (AvgIpc) is 2.86. The Morgan fingerprint density at radius 1 is 1.36 bits per heavy atom. The molecule has 0 unspecified atom stereocenters. The molecule has 0 aliphatic carbocycles. The lowest BCUT2D eigenvalue weighted by atomic mass is 9.78. The van der Waals surface area contributed by atoms with Crippen molar-refractivity contribution in [3.8, 4) is 0 Å². The summed E-state index contributed by atoms with van der Waals surface area (Å²) in [4.78, 5) is 25.5. The van der Waals surface area contributed by atoms with Gasteiger partial charge in [-0.1, -0.05) is 29.8 Å². The van der Waals surface area contributed by atoms with E-state index in [-0.39, 0.29) is 17.4 Å². The monoisotopic (exact) mass is 301 g/mol. The lowest BCUT2D eigenvalue weighted by Gasteiger charge is -2.38. The third-order valence-corrected chi connectivity index (χ3v) is 4.83. The largest absolute Gasteiger partial charge is 0.356 e. The number of hydrogen-bond donors (Lipinski definition) is 2. The smallest absolute Gasteiger partial charge is 0.317 e. The van der Waals surface area contributed by atoms with Crippen molar-refractivity contribution >= 4 is 11.9 Å². The minimum absolute atomic E-state index is 0.00589. The SMILES string of the molecule is Cc1cccc(CNC(=O)N2CCC3(CC2)CNC(=O)C3)c1. The molecule has 2 aliphatic heterocycles. The Kier molecular flexibility index (Phi) is 4.05. The summed E-state index contributed by atoms with van der Waals surface area (Å²) in [5.74, 6) is 0.150. The highest BCUT2D eigenvalue weighted by molar-refractivity contribution is 5.79. The first-order valence-corrected chi connectivity index (χ1v) is 7.91. The van der Waals surface area contributed by atoms with Crippen LogP contribution < -0.4 is 10.6 Å². The molecule has 1 spiro atoms. The first-order chi connectivity index (χ1) is 10.6. The predicted octanol–water partition coefficient (Wildman–Crippen LogP) is 1.81. The van der Waals surface area contributed by atoms with Crippen LogP contribution >= 0.6 is 0 Å². The lowest BCUT2D eigenvalue weighted by molar-refractivity contribution is -0.119. The third-order valence-electron chi connectivity index (χ3n) is 4.83. The van der Waals surface area contributed by atoms with Gasteiger partial charge in [0.1, 0.15) is 0 Å². The molecule has 2 heterocycles. The summed E-state index contributed by atoms with van der Waals surface area (Å²) in [7, 11) is 0. The number of amides is 3. The second-order valence-electron chi connectivity index (χ2n) is 6.59. The molecule has 2 saturated heterocycles. The van der Waals surface area contributed by atoms with Gasteiger partial charge in [0.2, 0.25) is 5.91 Å². The van der Waals surface area contributed by atoms with E-state index in [9.17, 15) is 9.59 Å². The van der Waals surface area contributed by atoms with E-state index in [0.717, 1.165) is 38.0 Å². The zero-order chi connectivity index (χ0) is 15.6. The van der Waals surface area contributed by atoms with Crippen LogP contribution in [0.2, 0.25) is 0 Å². The number of carbonyl (C=O) groups excluding carboxylic acids is 2. The molecule has 0 atom stereocenters. The van der Waals surface area contributed by atoms with Crippen molar-refractivity contribution in [3.63, 3.8) is 0 Å². The number of likely N-dealkylation sites (tertiary alicyclic amines) is 1. The van der Waals surface area contributed by atoms with Gasteiger partial charge in [-0.2, -0.15) is 0 Å². The average molecular weight is 301 g/mol. The topological polar surface area (TPSA) is 61.4 Å². The van der Waals surface area contributed by atoms with Gasteiger partial charge in [0.25, 0.3) is 0 Å². The first-order valence-electron chi connectivity index (χ1n) is 7.91. The van der Waals surface area contributed by atoms with Gasteiger partial charge >= 0.3 is 6.03 Å². The van der Waals surface area contributed by atoms with E-state index in [1.165, 1.54) is 5.56 Å². The highest BCUT2D eigenvalue weighted by Crippen LogP contribution is 2.37. The van der Waals surface area contributed by atoms with Crippen LogP contribution in [0.15, 0.2) is 24.3 Å². The number of carbonyl (C=O) groups is 2. The molecule has 3 rings (SSSR count). The van der Waals surface area contributed by atoms with Crippen molar-refractivity contribution in [2.24, 2.45) is 5.41 Å². The fraction of sp³-hybridized carbons (Fsp3) is 0.529. The van der Waals surface area contributed by atoms with Crippen LogP contribution in [0.5, 0.6) is 0 Å². The summed E-state index contributed by atoms with van der Waals surface area (Å²) in [6, 6.07) is 8.15. The Labute approximate surface area is 131 Å². The molecular weight excluding hydrogens is 278 g/mol. The fourth-order valence-electron chi connectivity index (χ4n) is 3.40. The minimum atomic E-state index is -0.00589. The summed E-state index contributed by atoms with van der Waals surface area (Å²) in [5, 5.41) is 5.91. The van der Waals surface area contributed by atoms with Gasteiger partial charge in [-0.05, 0) is 30.7 Å². The molecule has 5 heteroatoms. The molecule has 0 bridgehead atoms. The van der Waals surface area contributed by atoms with Crippen molar-refractivity contribution in [2.45, 2.75) is 32.7 Å². The maximum Gasteiger partial charge on any atom is 0.317 e. The molecule has 1 aromatic rings. The maximum absolute atomic E-state index is 12.3. The Morgan fingerprint density at radius 3 is 2.77 bits per heavy atom. The van der Waals surface area contributed by atoms with Crippen LogP contribution in [-0.4, -0.2) is 36.5 Å². The quantitative estimate of drug-likeness (QED) is 0.875. The number of rotatable bonds is 2. The summed E-state index contributed by atoms with van der Waals surface area (Å²) in [6.07, 6.45) is 2.43. The molecule has 118 valence electrons. The zero-order valence-corrected chi connectivity index (χ0v) is 13.0. The van der Waals surface area contributed by atoms with Crippen LogP contribution in [0, 0.1) is 12.3 Å². The van der Waals surface area contributed by atoms with Gasteiger partial charge in [-0.25, -0.2) is 4.79 Å². The lowest BCUT2D eigenvalue weighted by Crippen LogP contribution is -2.47. The molecule has 5 nitrogen and oxygen atoms in total. The fourth-order valence-corrected chi connectivity index (χ4v) is 3.40. The van der Waals surface area contributed by atoms with Crippen LogP contribution in [0.3, 0.4) is 0 Å². The van der Waals surface area contributed by atoms with Crippen molar-refractivity contribution in [3.05, 3.63) is 35.4 Å². The molecular formula is C17H23N3O2. The second kappa shape index (κ2) is 5.99. The van der Waals surface area contributed by atoms with Crippen LogP contribution in [0.25, 0.3) is 0 Å². The molecule has 0 saturated carbocycles. The molecule has 0 radical (unpaired) electrons.